The quantitative estimate of drug-likeness (QED) is 0.864. The minimum Gasteiger partial charge on any atom is -0.339 e. The predicted octanol–water partition coefficient (Wildman–Crippen LogP) is 2.02. The number of piperazine rings is 1. The molecule has 0 spiro atoms. The van der Waals surface area contributed by atoms with Crippen molar-refractivity contribution in [2.75, 3.05) is 19.6 Å². The van der Waals surface area contributed by atoms with Crippen molar-refractivity contribution in [2.24, 2.45) is 5.92 Å². The molecular weight excluding hydrogens is 252 g/mol. The second-order valence-electron chi connectivity index (χ2n) is 6.28. The molecule has 1 aromatic rings. The smallest absolute Gasteiger partial charge is 0.227 e. The average Bonchev–Trinajstić information content (AvgIpc) is 2.82. The van der Waals surface area contributed by atoms with E-state index >= 15 is 0 Å². The summed E-state index contributed by atoms with van der Waals surface area (Å²) in [5, 5.41) is 7.55. The molecule has 0 bridgehead atoms. The molecule has 0 radical (unpaired) electrons. The van der Waals surface area contributed by atoms with Crippen LogP contribution in [-0.4, -0.2) is 46.8 Å². The Bertz CT molecular complexity index is 404. The van der Waals surface area contributed by atoms with Crippen molar-refractivity contribution in [3.05, 3.63) is 11.7 Å². The Hall–Kier alpha value is -0.940. The third kappa shape index (κ3) is 4.28. The van der Waals surface area contributed by atoms with Crippen LogP contribution in [0.5, 0.6) is 0 Å². The lowest BCUT2D eigenvalue weighted by atomic mass is 9.99. The van der Waals surface area contributed by atoms with Crippen molar-refractivity contribution in [1.29, 1.82) is 0 Å². The molecule has 0 aliphatic carbocycles. The van der Waals surface area contributed by atoms with Crippen molar-refractivity contribution in [3.63, 3.8) is 0 Å². The van der Waals surface area contributed by atoms with Gasteiger partial charge in [0.2, 0.25) is 5.89 Å². The molecular formula is C15H28N4O. The highest BCUT2D eigenvalue weighted by Crippen LogP contribution is 2.15. The fourth-order valence-corrected chi connectivity index (χ4v) is 3.01. The number of nitrogens with zero attached hydrogens (tertiary/aromatic N) is 3. The molecule has 1 aromatic heterocycles. The molecule has 0 saturated carbocycles. The first-order chi connectivity index (χ1) is 9.58. The van der Waals surface area contributed by atoms with Crippen molar-refractivity contribution in [2.45, 2.75) is 59.0 Å². The Morgan fingerprint density at radius 3 is 2.85 bits per heavy atom. The molecule has 5 nitrogen and oxygen atoms in total. The number of rotatable bonds is 6. The molecule has 2 unspecified atom stereocenters. The van der Waals surface area contributed by atoms with Gasteiger partial charge in [-0.2, -0.15) is 4.98 Å². The van der Waals surface area contributed by atoms with E-state index in [0.717, 1.165) is 43.7 Å². The van der Waals surface area contributed by atoms with E-state index in [1.54, 1.807) is 0 Å². The molecule has 2 atom stereocenters. The summed E-state index contributed by atoms with van der Waals surface area (Å²) in [6.45, 7) is 11.9. The summed E-state index contributed by atoms with van der Waals surface area (Å²) < 4.78 is 5.21. The highest BCUT2D eigenvalue weighted by Gasteiger charge is 2.27. The van der Waals surface area contributed by atoms with Gasteiger partial charge in [0.25, 0.3) is 0 Å². The third-order valence-corrected chi connectivity index (χ3v) is 4.02. The molecule has 114 valence electrons. The molecule has 1 N–H and O–H groups in total. The van der Waals surface area contributed by atoms with E-state index < -0.39 is 0 Å². The SMILES string of the molecule is CCC1CNC(CC(C)C)CN1CCc1nc(C)no1. The average molecular weight is 280 g/mol. The van der Waals surface area contributed by atoms with Crippen LogP contribution in [0.1, 0.15) is 45.3 Å². The van der Waals surface area contributed by atoms with Gasteiger partial charge in [-0.3, -0.25) is 4.90 Å². The van der Waals surface area contributed by atoms with Gasteiger partial charge in [-0.1, -0.05) is 25.9 Å². The first-order valence-corrected chi connectivity index (χ1v) is 7.85. The predicted molar refractivity (Wildman–Crippen MR) is 79.6 cm³/mol. The maximum absolute atomic E-state index is 5.21. The van der Waals surface area contributed by atoms with Crippen LogP contribution >= 0.6 is 0 Å². The van der Waals surface area contributed by atoms with Crippen molar-refractivity contribution in [1.82, 2.24) is 20.4 Å². The fraction of sp³-hybridized carbons (Fsp3) is 0.867. The Kier molecular flexibility index (Phi) is 5.54. The lowest BCUT2D eigenvalue weighted by Crippen LogP contribution is -2.56. The number of aromatic nitrogens is 2. The molecule has 5 heteroatoms. The van der Waals surface area contributed by atoms with Crippen molar-refractivity contribution >= 4 is 0 Å². The Labute approximate surface area is 122 Å². The number of aryl methyl sites for hydroxylation is 1. The van der Waals surface area contributed by atoms with Gasteiger partial charge in [-0.05, 0) is 25.7 Å². The van der Waals surface area contributed by atoms with Gasteiger partial charge < -0.3 is 9.84 Å². The minimum absolute atomic E-state index is 0.613. The van der Waals surface area contributed by atoms with Gasteiger partial charge >= 0.3 is 0 Å². The zero-order chi connectivity index (χ0) is 14.5. The molecule has 2 heterocycles. The van der Waals surface area contributed by atoms with E-state index in [1.807, 2.05) is 6.92 Å². The first-order valence-electron chi connectivity index (χ1n) is 7.85. The zero-order valence-corrected chi connectivity index (χ0v) is 13.2. The van der Waals surface area contributed by atoms with Gasteiger partial charge in [0, 0.05) is 38.1 Å². The molecule has 1 fully saturated rings. The monoisotopic (exact) mass is 280 g/mol. The van der Waals surface area contributed by atoms with E-state index in [2.05, 4.69) is 41.1 Å². The number of hydrogen-bond donors (Lipinski definition) is 1. The molecule has 1 saturated heterocycles. The van der Waals surface area contributed by atoms with Crippen LogP contribution in [0.4, 0.5) is 0 Å². The summed E-state index contributed by atoms with van der Waals surface area (Å²) in [6, 6.07) is 1.24. The number of hydrogen-bond acceptors (Lipinski definition) is 5. The van der Waals surface area contributed by atoms with Crippen LogP contribution in [-0.2, 0) is 6.42 Å². The summed E-state index contributed by atoms with van der Waals surface area (Å²) in [6.07, 6.45) is 3.28. The summed E-state index contributed by atoms with van der Waals surface area (Å²) in [7, 11) is 0. The van der Waals surface area contributed by atoms with Crippen molar-refractivity contribution < 1.29 is 4.52 Å². The van der Waals surface area contributed by atoms with Crippen LogP contribution in [0.25, 0.3) is 0 Å². The topological polar surface area (TPSA) is 54.2 Å². The van der Waals surface area contributed by atoms with Crippen LogP contribution < -0.4 is 5.32 Å². The molecule has 1 aliphatic rings. The molecule has 1 aliphatic heterocycles. The van der Waals surface area contributed by atoms with E-state index in [4.69, 9.17) is 4.52 Å². The highest BCUT2D eigenvalue weighted by atomic mass is 16.5. The second kappa shape index (κ2) is 7.18. The largest absolute Gasteiger partial charge is 0.339 e. The fourth-order valence-electron chi connectivity index (χ4n) is 3.01. The van der Waals surface area contributed by atoms with Crippen LogP contribution in [0, 0.1) is 12.8 Å². The Balaban J connectivity index is 1.88. The van der Waals surface area contributed by atoms with E-state index in [9.17, 15) is 0 Å². The van der Waals surface area contributed by atoms with E-state index in [1.165, 1.54) is 12.8 Å². The molecule has 0 aromatic carbocycles. The normalized spacial score (nSPS) is 24.4. The first kappa shape index (κ1) is 15.4. The molecule has 20 heavy (non-hydrogen) atoms. The standard InChI is InChI=1S/C15H28N4O/c1-5-14-9-16-13(8-11(2)3)10-19(14)7-6-15-17-12(4)18-20-15/h11,13-14,16H,5-10H2,1-4H3. The lowest BCUT2D eigenvalue weighted by molar-refractivity contribution is 0.117. The van der Waals surface area contributed by atoms with E-state index in [0.29, 0.717) is 12.1 Å². The van der Waals surface area contributed by atoms with Gasteiger partial charge in [-0.15, -0.1) is 0 Å². The molecule has 2 rings (SSSR count). The molecule has 0 amide bonds. The summed E-state index contributed by atoms with van der Waals surface area (Å²) in [4.78, 5) is 6.88. The van der Waals surface area contributed by atoms with Gasteiger partial charge in [0.05, 0.1) is 0 Å². The maximum Gasteiger partial charge on any atom is 0.227 e. The van der Waals surface area contributed by atoms with Crippen LogP contribution in [0.15, 0.2) is 4.52 Å². The van der Waals surface area contributed by atoms with Crippen LogP contribution in [0.3, 0.4) is 0 Å². The zero-order valence-electron chi connectivity index (χ0n) is 13.2. The Morgan fingerprint density at radius 1 is 1.45 bits per heavy atom. The van der Waals surface area contributed by atoms with E-state index in [-0.39, 0.29) is 0 Å². The van der Waals surface area contributed by atoms with Crippen LogP contribution in [0.2, 0.25) is 0 Å². The summed E-state index contributed by atoms with van der Waals surface area (Å²) in [5.74, 6) is 2.23. The highest BCUT2D eigenvalue weighted by molar-refractivity contribution is 4.89. The van der Waals surface area contributed by atoms with Gasteiger partial charge in [0.15, 0.2) is 5.82 Å². The minimum atomic E-state index is 0.613. The summed E-state index contributed by atoms with van der Waals surface area (Å²) in [5.41, 5.74) is 0. The van der Waals surface area contributed by atoms with Gasteiger partial charge in [-0.25, -0.2) is 0 Å². The third-order valence-electron chi connectivity index (χ3n) is 4.02. The second-order valence-corrected chi connectivity index (χ2v) is 6.28. The maximum atomic E-state index is 5.21. The van der Waals surface area contributed by atoms with Gasteiger partial charge in [0.1, 0.15) is 0 Å². The lowest BCUT2D eigenvalue weighted by Gasteiger charge is -2.40. The Morgan fingerprint density at radius 2 is 2.25 bits per heavy atom. The number of nitrogens with one attached hydrogen (secondary N) is 1. The summed E-state index contributed by atoms with van der Waals surface area (Å²) >= 11 is 0. The van der Waals surface area contributed by atoms with Crippen molar-refractivity contribution in [3.8, 4) is 0 Å².